The lowest BCUT2D eigenvalue weighted by molar-refractivity contribution is -0.122. The van der Waals surface area contributed by atoms with Crippen molar-refractivity contribution in [2.24, 2.45) is 0 Å². The molecule has 0 radical (unpaired) electrons. The molecule has 1 N–H and O–H groups in total. The summed E-state index contributed by atoms with van der Waals surface area (Å²) in [5, 5.41) is 3.06. The fraction of sp³-hybridized carbons (Fsp3) is 0.138. The standard InChI is InChI=1S/C29H23FN4O4S3/c1-38-21-12-6-18(7-13-21)16-24-27(37)33(29(39)41-24)15-14-26(36)34-23-5-3-2-4-22(23)32-28(34)40-17-25(35)31-20-10-8-19(30)9-11-20/h2-13,16H,14-15,17H2,1H3,(H,31,35). The molecule has 0 atom stereocenters. The SMILES string of the molecule is COc1ccc(C=C2SC(=S)N(CCC(=O)n3c(SCC(=O)Nc4ccc(F)cc4)nc4ccccc43)C2=O)cc1. The number of halogens is 1. The molecule has 41 heavy (non-hydrogen) atoms. The van der Waals surface area contributed by atoms with Crippen LogP contribution < -0.4 is 10.1 Å². The minimum Gasteiger partial charge on any atom is -0.497 e. The monoisotopic (exact) mass is 606 g/mol. The second-order valence-electron chi connectivity index (χ2n) is 8.81. The van der Waals surface area contributed by atoms with Crippen LogP contribution in [-0.4, -0.2) is 55.9 Å². The van der Waals surface area contributed by atoms with E-state index in [1.807, 2.05) is 30.3 Å². The fourth-order valence-electron chi connectivity index (χ4n) is 4.07. The van der Waals surface area contributed by atoms with Crippen molar-refractivity contribution in [3.8, 4) is 5.75 Å². The first-order chi connectivity index (χ1) is 19.8. The summed E-state index contributed by atoms with van der Waals surface area (Å²) in [4.78, 5) is 45.5. The zero-order valence-corrected chi connectivity index (χ0v) is 24.2. The van der Waals surface area contributed by atoms with E-state index in [4.69, 9.17) is 17.0 Å². The third-order valence-electron chi connectivity index (χ3n) is 6.08. The van der Waals surface area contributed by atoms with Crippen LogP contribution in [0.4, 0.5) is 10.1 Å². The Bertz CT molecular complexity index is 1670. The number of carbonyl (C=O) groups excluding carboxylic acids is 3. The first kappa shape index (κ1) is 28.5. The van der Waals surface area contributed by atoms with E-state index in [-0.39, 0.29) is 36.4 Å². The third kappa shape index (κ3) is 6.67. The molecule has 3 aromatic carbocycles. The molecule has 0 bridgehead atoms. The number of thioether (sulfide) groups is 2. The van der Waals surface area contributed by atoms with Gasteiger partial charge in [0.15, 0.2) is 5.16 Å². The lowest BCUT2D eigenvalue weighted by Gasteiger charge is -2.15. The van der Waals surface area contributed by atoms with Gasteiger partial charge in [-0.3, -0.25) is 23.9 Å². The number of rotatable bonds is 9. The number of nitrogens with zero attached hydrogens (tertiary/aromatic N) is 3. The molecule has 0 saturated carbocycles. The molecule has 0 unspecified atom stereocenters. The summed E-state index contributed by atoms with van der Waals surface area (Å²) in [5.41, 5.74) is 2.50. The number of methoxy groups -OCH3 is 1. The fourth-order valence-corrected chi connectivity index (χ4v) is 6.20. The molecule has 1 aliphatic rings. The zero-order valence-electron chi connectivity index (χ0n) is 21.7. The Morgan fingerprint density at radius 2 is 1.83 bits per heavy atom. The molecule has 1 saturated heterocycles. The molecular formula is C29H23FN4O4S3. The van der Waals surface area contributed by atoms with Gasteiger partial charge in [-0.1, -0.05) is 60.0 Å². The molecule has 2 amide bonds. The van der Waals surface area contributed by atoms with Gasteiger partial charge in [-0.25, -0.2) is 9.37 Å². The Morgan fingerprint density at radius 3 is 2.56 bits per heavy atom. The van der Waals surface area contributed by atoms with E-state index in [0.717, 1.165) is 17.3 Å². The first-order valence-electron chi connectivity index (χ1n) is 12.4. The highest BCUT2D eigenvalue weighted by Crippen LogP contribution is 2.33. The van der Waals surface area contributed by atoms with Crippen LogP contribution in [0.15, 0.2) is 82.9 Å². The minimum absolute atomic E-state index is 0.00204. The maximum Gasteiger partial charge on any atom is 0.266 e. The third-order valence-corrected chi connectivity index (χ3v) is 8.39. The lowest BCUT2D eigenvalue weighted by atomic mass is 10.2. The van der Waals surface area contributed by atoms with Crippen molar-refractivity contribution < 1.29 is 23.5 Å². The van der Waals surface area contributed by atoms with Crippen LogP contribution in [0.5, 0.6) is 5.75 Å². The van der Waals surface area contributed by atoms with E-state index in [1.165, 1.54) is 45.5 Å². The molecular weight excluding hydrogens is 584 g/mol. The second-order valence-corrected chi connectivity index (χ2v) is 11.4. The number of hydrogen-bond donors (Lipinski definition) is 1. The molecule has 5 rings (SSSR count). The van der Waals surface area contributed by atoms with Gasteiger partial charge in [0.05, 0.1) is 28.8 Å². The molecule has 1 fully saturated rings. The number of amides is 2. The number of anilines is 1. The number of hydrogen-bond acceptors (Lipinski definition) is 8. The highest BCUT2D eigenvalue weighted by molar-refractivity contribution is 8.26. The van der Waals surface area contributed by atoms with Crippen LogP contribution in [-0.2, 0) is 9.59 Å². The van der Waals surface area contributed by atoms with E-state index < -0.39 is 5.82 Å². The Balaban J connectivity index is 1.27. The van der Waals surface area contributed by atoms with Crippen LogP contribution in [0.3, 0.4) is 0 Å². The van der Waals surface area contributed by atoms with Crippen LogP contribution in [0, 0.1) is 5.82 Å². The Kier molecular flexibility index (Phi) is 8.81. The van der Waals surface area contributed by atoms with Gasteiger partial charge in [0.1, 0.15) is 15.9 Å². The number of para-hydroxylation sites is 2. The average molecular weight is 607 g/mol. The van der Waals surface area contributed by atoms with Gasteiger partial charge in [0, 0.05) is 18.7 Å². The summed E-state index contributed by atoms with van der Waals surface area (Å²) in [6, 6.07) is 19.9. The van der Waals surface area contributed by atoms with Gasteiger partial charge in [-0.15, -0.1) is 0 Å². The van der Waals surface area contributed by atoms with E-state index in [1.54, 1.807) is 31.4 Å². The molecule has 1 aromatic heterocycles. The first-order valence-corrected chi connectivity index (χ1v) is 14.6. The molecule has 208 valence electrons. The quantitative estimate of drug-likeness (QED) is 0.144. The van der Waals surface area contributed by atoms with E-state index in [2.05, 4.69) is 10.3 Å². The zero-order chi connectivity index (χ0) is 28.9. The molecule has 1 aliphatic heterocycles. The predicted molar refractivity (Wildman–Crippen MR) is 164 cm³/mol. The van der Waals surface area contributed by atoms with Crippen molar-refractivity contribution in [3.05, 3.63) is 89.1 Å². The number of thiocarbonyl (C=S) groups is 1. The van der Waals surface area contributed by atoms with Gasteiger partial charge in [0.25, 0.3) is 5.91 Å². The summed E-state index contributed by atoms with van der Waals surface area (Å²) in [7, 11) is 1.59. The van der Waals surface area contributed by atoms with Crippen LogP contribution >= 0.6 is 35.7 Å². The number of aromatic nitrogens is 2. The van der Waals surface area contributed by atoms with Crippen LogP contribution in [0.2, 0.25) is 0 Å². The molecule has 0 spiro atoms. The summed E-state index contributed by atoms with van der Waals surface area (Å²) in [6.07, 6.45) is 1.76. The van der Waals surface area contributed by atoms with Gasteiger partial charge < -0.3 is 10.1 Å². The molecule has 8 nitrogen and oxygen atoms in total. The Labute approximate surface area is 248 Å². The van der Waals surface area contributed by atoms with E-state index >= 15 is 0 Å². The van der Waals surface area contributed by atoms with Gasteiger partial charge in [-0.2, -0.15) is 0 Å². The maximum atomic E-state index is 13.5. The van der Waals surface area contributed by atoms with Crippen LogP contribution in [0.1, 0.15) is 16.8 Å². The molecule has 0 aliphatic carbocycles. The Morgan fingerprint density at radius 1 is 1.10 bits per heavy atom. The predicted octanol–water partition coefficient (Wildman–Crippen LogP) is 5.85. The maximum absolute atomic E-state index is 13.5. The number of ether oxygens (including phenoxy) is 1. The summed E-state index contributed by atoms with van der Waals surface area (Å²) >= 11 is 7.75. The number of benzene rings is 3. The van der Waals surface area contributed by atoms with E-state index in [0.29, 0.717) is 36.9 Å². The van der Waals surface area contributed by atoms with Crippen molar-refractivity contribution in [3.63, 3.8) is 0 Å². The number of imidazole rings is 1. The van der Waals surface area contributed by atoms with Gasteiger partial charge >= 0.3 is 0 Å². The van der Waals surface area contributed by atoms with Gasteiger partial charge in [0.2, 0.25) is 11.8 Å². The Hall–Kier alpha value is -4.00. The lowest BCUT2D eigenvalue weighted by Crippen LogP contribution is -2.31. The smallest absolute Gasteiger partial charge is 0.266 e. The van der Waals surface area contributed by atoms with Crippen molar-refractivity contribution in [1.82, 2.24) is 14.5 Å². The van der Waals surface area contributed by atoms with Crippen molar-refractivity contribution in [2.75, 3.05) is 24.7 Å². The summed E-state index contributed by atoms with van der Waals surface area (Å²) in [6.45, 7) is 0.102. The molecule has 12 heteroatoms. The van der Waals surface area contributed by atoms with Crippen molar-refractivity contribution in [1.29, 1.82) is 0 Å². The molecule has 4 aromatic rings. The normalized spacial score (nSPS) is 14.2. The highest BCUT2D eigenvalue weighted by Gasteiger charge is 2.32. The summed E-state index contributed by atoms with van der Waals surface area (Å²) < 4.78 is 20.2. The highest BCUT2D eigenvalue weighted by atomic mass is 32.2. The average Bonchev–Trinajstić information content (AvgIpc) is 3.48. The van der Waals surface area contributed by atoms with Crippen molar-refractivity contribution in [2.45, 2.75) is 11.6 Å². The second kappa shape index (κ2) is 12.7. The van der Waals surface area contributed by atoms with Crippen LogP contribution in [0.25, 0.3) is 17.1 Å². The topological polar surface area (TPSA) is 93.5 Å². The van der Waals surface area contributed by atoms with E-state index in [9.17, 15) is 18.8 Å². The molecule has 2 heterocycles. The van der Waals surface area contributed by atoms with Gasteiger partial charge in [-0.05, 0) is 60.2 Å². The number of fused-ring (bicyclic) bond motifs is 1. The van der Waals surface area contributed by atoms with Crippen molar-refractivity contribution >= 4 is 80.6 Å². The largest absolute Gasteiger partial charge is 0.497 e. The number of carbonyl (C=O) groups is 3. The number of nitrogens with one attached hydrogen (secondary N) is 1. The minimum atomic E-state index is -0.399. The summed E-state index contributed by atoms with van der Waals surface area (Å²) in [5.74, 6) is -0.567.